The lowest BCUT2D eigenvalue weighted by molar-refractivity contribution is -0.163. The summed E-state index contributed by atoms with van der Waals surface area (Å²) in [5.74, 6) is -0.397. The Kier molecular flexibility index (Phi) is 59.3. The van der Waals surface area contributed by atoms with Crippen LogP contribution >= 0.6 is 0 Å². The quantitative estimate of drug-likeness (QED) is 0.0345. The molecule has 410 valence electrons. The second-order valence-electron chi connectivity index (χ2n) is 21.0. The zero-order chi connectivity index (χ0) is 50.6. The first kappa shape index (κ1) is 67.9. The van der Waals surface area contributed by atoms with Gasteiger partial charge in [0.25, 0.3) is 0 Å². The van der Waals surface area contributed by atoms with E-state index in [4.69, 9.17) is 14.2 Å². The molecule has 5 nitrogen and oxygen atoms in total. The molecule has 1 unspecified atom stereocenters. The van der Waals surface area contributed by atoms with Crippen molar-refractivity contribution in [3.63, 3.8) is 0 Å². The van der Waals surface area contributed by atoms with Crippen LogP contribution in [0.2, 0.25) is 0 Å². The zero-order valence-electron chi connectivity index (χ0n) is 47.3. The van der Waals surface area contributed by atoms with Crippen LogP contribution < -0.4 is 0 Å². The highest BCUT2D eigenvalue weighted by Crippen LogP contribution is 2.17. The summed E-state index contributed by atoms with van der Waals surface area (Å²) >= 11 is 0. The molecule has 0 aliphatic rings. The normalized spacial score (nSPS) is 12.4. The number of hydrogen-bond donors (Lipinski definition) is 0. The molecule has 0 amide bonds. The van der Waals surface area contributed by atoms with Crippen molar-refractivity contribution in [3.8, 4) is 0 Å². The highest BCUT2D eigenvalue weighted by atomic mass is 16.6. The monoisotopic (exact) mass is 981 g/mol. The summed E-state index contributed by atoms with van der Waals surface area (Å²) in [6, 6.07) is 0. The van der Waals surface area contributed by atoms with Crippen LogP contribution in [0.3, 0.4) is 0 Å². The van der Waals surface area contributed by atoms with Crippen LogP contribution in [0, 0.1) is 0 Å². The Morgan fingerprint density at radius 1 is 0.314 bits per heavy atom. The number of esters is 2. The van der Waals surface area contributed by atoms with E-state index in [1.807, 2.05) is 0 Å². The minimum Gasteiger partial charge on any atom is -0.462 e. The van der Waals surface area contributed by atoms with Gasteiger partial charge in [-0.25, -0.2) is 0 Å². The molecule has 0 aromatic rings. The summed E-state index contributed by atoms with van der Waals surface area (Å²) in [7, 11) is 0. The van der Waals surface area contributed by atoms with Crippen molar-refractivity contribution in [2.45, 2.75) is 335 Å². The number of unbranched alkanes of at least 4 members (excludes halogenated alkanes) is 39. The standard InChI is InChI=1S/C65H120O5/c1-4-7-10-13-16-19-22-25-28-31-32-33-36-39-42-45-48-51-54-57-60-68-61-63(70-65(67)59-56-53-50-47-44-41-38-35-30-27-24-21-18-15-12-9-6-3)62-69-64(66)58-55-52-49-46-43-40-37-34-29-26-23-20-17-14-11-8-5-2/h17-18,20-21,26-27,29-30,63H,4-16,19,22-25,28,31-62H2,1-3H3/b20-17-,21-18-,29-26-,30-27-. The number of hydrogen-bond acceptors (Lipinski definition) is 5. The summed E-state index contributed by atoms with van der Waals surface area (Å²) in [6.45, 7) is 7.83. The predicted octanol–water partition coefficient (Wildman–Crippen LogP) is 21.5. The lowest BCUT2D eigenvalue weighted by Crippen LogP contribution is -2.30. The van der Waals surface area contributed by atoms with Gasteiger partial charge in [-0.2, -0.15) is 0 Å². The van der Waals surface area contributed by atoms with E-state index in [1.165, 1.54) is 238 Å². The Balaban J connectivity index is 4.25. The van der Waals surface area contributed by atoms with Crippen molar-refractivity contribution >= 4 is 11.9 Å². The van der Waals surface area contributed by atoms with E-state index in [0.29, 0.717) is 19.4 Å². The number of carbonyl (C=O) groups excluding carboxylic acids is 2. The molecule has 1 atom stereocenters. The highest BCUT2D eigenvalue weighted by Gasteiger charge is 2.17. The van der Waals surface area contributed by atoms with E-state index in [2.05, 4.69) is 69.4 Å². The second kappa shape index (κ2) is 61.2. The topological polar surface area (TPSA) is 61.8 Å². The maximum atomic E-state index is 12.9. The molecule has 0 saturated carbocycles. The van der Waals surface area contributed by atoms with E-state index < -0.39 is 6.10 Å². The van der Waals surface area contributed by atoms with E-state index in [9.17, 15) is 9.59 Å². The van der Waals surface area contributed by atoms with Crippen LogP contribution in [0.4, 0.5) is 0 Å². The van der Waals surface area contributed by atoms with Crippen LogP contribution in [0.25, 0.3) is 0 Å². The van der Waals surface area contributed by atoms with Gasteiger partial charge in [-0.15, -0.1) is 0 Å². The molecule has 0 aliphatic carbocycles. The molecule has 0 saturated heterocycles. The van der Waals surface area contributed by atoms with E-state index >= 15 is 0 Å². The zero-order valence-corrected chi connectivity index (χ0v) is 47.3. The molecule has 0 fully saturated rings. The molecule has 0 N–H and O–H groups in total. The minimum absolute atomic E-state index is 0.0818. The molecule has 0 aliphatic heterocycles. The Labute approximate surface area is 437 Å². The van der Waals surface area contributed by atoms with Gasteiger partial charge in [-0.1, -0.05) is 281 Å². The number of carbonyl (C=O) groups is 2. The van der Waals surface area contributed by atoms with Crippen molar-refractivity contribution in [2.75, 3.05) is 19.8 Å². The van der Waals surface area contributed by atoms with Gasteiger partial charge in [-0.05, 0) is 83.5 Å². The van der Waals surface area contributed by atoms with Gasteiger partial charge in [-0.3, -0.25) is 9.59 Å². The lowest BCUT2D eigenvalue weighted by atomic mass is 10.0. The van der Waals surface area contributed by atoms with Gasteiger partial charge in [0.05, 0.1) is 6.61 Å². The summed E-state index contributed by atoms with van der Waals surface area (Å²) in [5.41, 5.74) is 0. The number of allylic oxidation sites excluding steroid dienone is 8. The maximum absolute atomic E-state index is 12.9. The SMILES string of the molecule is CCCCC/C=C\C/C=C\CCCCCCCCCC(=O)OCC(COCCCCCCCCCCCCCCCCCCCCCC)OC(=O)CCCCCCCCC/C=C\C/C=C\CCCCC. The van der Waals surface area contributed by atoms with Crippen LogP contribution in [-0.2, 0) is 23.8 Å². The summed E-state index contributed by atoms with van der Waals surface area (Å²) in [6.07, 6.45) is 77.1. The molecule has 5 heteroatoms. The van der Waals surface area contributed by atoms with Gasteiger partial charge in [0, 0.05) is 19.4 Å². The third-order valence-electron chi connectivity index (χ3n) is 13.8. The molecular weight excluding hydrogens is 861 g/mol. The average molecular weight is 982 g/mol. The third kappa shape index (κ3) is 58.4. The Morgan fingerprint density at radius 2 is 0.600 bits per heavy atom. The third-order valence-corrected chi connectivity index (χ3v) is 13.8. The van der Waals surface area contributed by atoms with Crippen molar-refractivity contribution in [1.82, 2.24) is 0 Å². The molecular formula is C65H120O5. The van der Waals surface area contributed by atoms with Crippen molar-refractivity contribution in [2.24, 2.45) is 0 Å². The second-order valence-corrected chi connectivity index (χ2v) is 21.0. The molecule has 0 heterocycles. The molecule has 0 bridgehead atoms. The molecule has 0 spiro atoms. The first-order valence-electron chi connectivity index (χ1n) is 31.2. The molecule has 70 heavy (non-hydrogen) atoms. The smallest absolute Gasteiger partial charge is 0.306 e. The van der Waals surface area contributed by atoms with Crippen LogP contribution in [0.1, 0.15) is 329 Å². The molecule has 0 radical (unpaired) electrons. The fourth-order valence-electron chi connectivity index (χ4n) is 9.16. The summed E-state index contributed by atoms with van der Waals surface area (Å²) in [5, 5.41) is 0. The van der Waals surface area contributed by atoms with Crippen molar-refractivity contribution in [1.29, 1.82) is 0 Å². The first-order valence-corrected chi connectivity index (χ1v) is 31.2. The number of ether oxygens (including phenoxy) is 3. The Hall–Kier alpha value is -2.14. The van der Waals surface area contributed by atoms with Gasteiger partial charge in [0.1, 0.15) is 6.61 Å². The summed E-state index contributed by atoms with van der Waals surface area (Å²) < 4.78 is 17.5. The largest absolute Gasteiger partial charge is 0.462 e. The molecule has 0 aromatic heterocycles. The van der Waals surface area contributed by atoms with Crippen molar-refractivity contribution < 1.29 is 23.8 Å². The molecule has 0 aromatic carbocycles. The number of rotatable bonds is 58. The maximum Gasteiger partial charge on any atom is 0.306 e. The summed E-state index contributed by atoms with van der Waals surface area (Å²) in [4.78, 5) is 25.6. The van der Waals surface area contributed by atoms with Crippen LogP contribution in [-0.4, -0.2) is 37.9 Å². The van der Waals surface area contributed by atoms with E-state index in [0.717, 1.165) is 57.8 Å². The fourth-order valence-corrected chi connectivity index (χ4v) is 9.16. The van der Waals surface area contributed by atoms with Gasteiger partial charge >= 0.3 is 11.9 Å². The minimum atomic E-state index is -0.542. The molecule has 0 rings (SSSR count). The first-order chi connectivity index (χ1) is 34.6. The van der Waals surface area contributed by atoms with Gasteiger partial charge in [0.15, 0.2) is 6.10 Å². The van der Waals surface area contributed by atoms with E-state index in [1.54, 1.807) is 0 Å². The van der Waals surface area contributed by atoms with Crippen LogP contribution in [0.15, 0.2) is 48.6 Å². The van der Waals surface area contributed by atoms with Crippen LogP contribution in [0.5, 0.6) is 0 Å². The van der Waals surface area contributed by atoms with Gasteiger partial charge < -0.3 is 14.2 Å². The van der Waals surface area contributed by atoms with E-state index in [-0.39, 0.29) is 25.2 Å². The fraction of sp³-hybridized carbons (Fsp3) is 0.846. The highest BCUT2D eigenvalue weighted by molar-refractivity contribution is 5.70. The lowest BCUT2D eigenvalue weighted by Gasteiger charge is -2.18. The van der Waals surface area contributed by atoms with Crippen molar-refractivity contribution in [3.05, 3.63) is 48.6 Å². The Bertz CT molecular complexity index is 1150. The Morgan fingerprint density at radius 3 is 0.971 bits per heavy atom. The van der Waals surface area contributed by atoms with Gasteiger partial charge in [0.2, 0.25) is 0 Å². The predicted molar refractivity (Wildman–Crippen MR) is 307 cm³/mol. The average Bonchev–Trinajstić information content (AvgIpc) is 3.36.